The fraction of sp³-hybridized carbons (Fsp3) is 0.0769. The van der Waals surface area contributed by atoms with Crippen LogP contribution >= 0.6 is 0 Å². The predicted molar refractivity (Wildman–Crippen MR) is 65.6 cm³/mol. The molecule has 2 rings (SSSR count). The molecule has 0 spiro atoms. The smallest absolute Gasteiger partial charge is 0.388 e. The van der Waals surface area contributed by atoms with Gasteiger partial charge in [0.25, 0.3) is 5.56 Å². The molecule has 1 aromatic carbocycles. The van der Waals surface area contributed by atoms with Crippen molar-refractivity contribution in [2.45, 2.75) is 6.61 Å². The molecule has 8 heteroatoms. The number of aromatic nitrogens is 1. The van der Waals surface area contributed by atoms with Crippen molar-refractivity contribution < 1.29 is 27.8 Å². The Hall–Kier alpha value is -2.77. The third-order valence-corrected chi connectivity index (χ3v) is 2.57. The van der Waals surface area contributed by atoms with Gasteiger partial charge in [-0.25, -0.2) is 13.8 Å². The molecule has 0 fully saturated rings. The molecule has 1 heterocycles. The second-order valence-electron chi connectivity index (χ2n) is 3.89. The van der Waals surface area contributed by atoms with Gasteiger partial charge in [0.1, 0.15) is 11.4 Å². The summed E-state index contributed by atoms with van der Waals surface area (Å²) in [5.74, 6) is -2.66. The largest absolute Gasteiger partial charge is 0.477 e. The third kappa shape index (κ3) is 3.04. The van der Waals surface area contributed by atoms with Gasteiger partial charge in [0, 0.05) is 6.07 Å². The Morgan fingerprint density at radius 1 is 1.14 bits per heavy atom. The molecule has 0 amide bonds. The van der Waals surface area contributed by atoms with Crippen LogP contribution in [0, 0.1) is 5.82 Å². The van der Waals surface area contributed by atoms with Gasteiger partial charge in [-0.3, -0.25) is 4.79 Å². The lowest BCUT2D eigenvalue weighted by molar-refractivity contribution is -0.0544. The normalized spacial score (nSPS) is 10.7. The molecule has 110 valence electrons. The molecule has 0 aliphatic rings. The van der Waals surface area contributed by atoms with Gasteiger partial charge in [-0.2, -0.15) is 8.78 Å². The third-order valence-electron chi connectivity index (χ3n) is 2.57. The highest BCUT2D eigenvalue weighted by Gasteiger charge is 2.18. The molecule has 1 N–H and O–H groups in total. The van der Waals surface area contributed by atoms with E-state index in [0.29, 0.717) is 4.57 Å². The number of aromatic carboxylic acids is 1. The van der Waals surface area contributed by atoms with E-state index in [4.69, 9.17) is 5.11 Å². The topological polar surface area (TPSA) is 68.5 Å². The maximum Gasteiger partial charge on any atom is 0.388 e. The zero-order chi connectivity index (χ0) is 15.6. The van der Waals surface area contributed by atoms with Crippen molar-refractivity contribution in [2.75, 3.05) is 0 Å². The Balaban J connectivity index is 2.69. The highest BCUT2D eigenvalue weighted by atomic mass is 19.3. The van der Waals surface area contributed by atoms with Crippen molar-refractivity contribution in [2.24, 2.45) is 0 Å². The number of carbonyl (C=O) groups is 1. The fourth-order valence-corrected chi connectivity index (χ4v) is 1.70. The number of rotatable bonds is 4. The number of hydrogen-bond donors (Lipinski definition) is 1. The molecule has 0 aliphatic carbocycles. The van der Waals surface area contributed by atoms with Crippen molar-refractivity contribution in [3.63, 3.8) is 0 Å². The summed E-state index contributed by atoms with van der Waals surface area (Å²) in [7, 11) is 0. The molecule has 0 saturated heterocycles. The maximum atomic E-state index is 12.9. The van der Waals surface area contributed by atoms with Crippen LogP contribution in [0.5, 0.6) is 5.88 Å². The zero-order valence-electron chi connectivity index (χ0n) is 10.3. The van der Waals surface area contributed by atoms with Crippen LogP contribution in [0.15, 0.2) is 41.2 Å². The van der Waals surface area contributed by atoms with E-state index in [2.05, 4.69) is 4.74 Å². The van der Waals surface area contributed by atoms with E-state index in [1.54, 1.807) is 0 Å². The Bertz CT molecular complexity index is 725. The van der Waals surface area contributed by atoms with Crippen molar-refractivity contribution in [1.29, 1.82) is 0 Å². The molecule has 0 unspecified atom stereocenters. The Kier molecular flexibility index (Phi) is 3.97. The molecular weight excluding hydrogens is 291 g/mol. The average Bonchev–Trinajstić information content (AvgIpc) is 2.39. The quantitative estimate of drug-likeness (QED) is 0.940. The summed E-state index contributed by atoms with van der Waals surface area (Å²) >= 11 is 0. The summed E-state index contributed by atoms with van der Waals surface area (Å²) < 4.78 is 42.4. The molecule has 0 atom stereocenters. The van der Waals surface area contributed by atoms with Crippen LogP contribution in [-0.4, -0.2) is 22.3 Å². The van der Waals surface area contributed by atoms with E-state index >= 15 is 0 Å². The second-order valence-corrected chi connectivity index (χ2v) is 3.89. The minimum atomic E-state index is -3.20. The first-order valence-electron chi connectivity index (χ1n) is 5.60. The summed E-state index contributed by atoms with van der Waals surface area (Å²) in [5, 5.41) is 8.89. The van der Waals surface area contributed by atoms with Gasteiger partial charge < -0.3 is 9.84 Å². The zero-order valence-corrected chi connectivity index (χ0v) is 10.3. The van der Waals surface area contributed by atoms with Crippen LogP contribution in [0.2, 0.25) is 0 Å². The highest BCUT2D eigenvalue weighted by molar-refractivity contribution is 5.87. The first kappa shape index (κ1) is 14.6. The molecule has 5 nitrogen and oxygen atoms in total. The summed E-state index contributed by atoms with van der Waals surface area (Å²) in [6.45, 7) is -3.20. The minimum absolute atomic E-state index is 0.000139. The fourth-order valence-electron chi connectivity index (χ4n) is 1.70. The van der Waals surface area contributed by atoms with Crippen LogP contribution in [0.1, 0.15) is 10.4 Å². The summed E-state index contributed by atoms with van der Waals surface area (Å²) in [6, 6.07) is 6.08. The van der Waals surface area contributed by atoms with Crippen molar-refractivity contribution in [1.82, 2.24) is 4.57 Å². The van der Waals surface area contributed by atoms with Gasteiger partial charge in [-0.05, 0) is 30.3 Å². The van der Waals surface area contributed by atoms with Crippen LogP contribution in [-0.2, 0) is 0 Å². The number of pyridine rings is 1. The van der Waals surface area contributed by atoms with Gasteiger partial charge in [-0.1, -0.05) is 0 Å². The standard InChI is InChI=1S/C13H8F3NO4/c14-7-1-3-8(4-2-7)17-10(21-13(15)16)6-5-9(11(17)18)12(19)20/h1-6,13H,(H,19,20). The number of carboxylic acids is 1. The lowest BCUT2D eigenvalue weighted by atomic mass is 10.2. The van der Waals surface area contributed by atoms with E-state index in [0.717, 1.165) is 36.4 Å². The molecule has 0 saturated carbocycles. The Labute approximate surface area is 115 Å². The van der Waals surface area contributed by atoms with Crippen molar-refractivity contribution >= 4 is 5.97 Å². The van der Waals surface area contributed by atoms with Gasteiger partial charge in [0.05, 0.1) is 5.69 Å². The molecule has 0 bridgehead atoms. The van der Waals surface area contributed by atoms with Crippen molar-refractivity contribution in [3.05, 3.63) is 58.1 Å². The molecular formula is C13H8F3NO4. The van der Waals surface area contributed by atoms with Gasteiger partial charge in [0.15, 0.2) is 0 Å². The predicted octanol–water partition coefficient (Wildman–Crippen LogP) is 2.28. The van der Waals surface area contributed by atoms with E-state index in [1.165, 1.54) is 0 Å². The molecule has 21 heavy (non-hydrogen) atoms. The lowest BCUT2D eigenvalue weighted by Gasteiger charge is -2.13. The van der Waals surface area contributed by atoms with Gasteiger partial charge >= 0.3 is 12.6 Å². The number of nitrogens with zero attached hydrogens (tertiary/aromatic N) is 1. The van der Waals surface area contributed by atoms with Crippen molar-refractivity contribution in [3.8, 4) is 11.6 Å². The SMILES string of the molecule is O=C(O)c1ccc(OC(F)F)n(-c2ccc(F)cc2)c1=O. The number of benzene rings is 1. The first-order valence-corrected chi connectivity index (χ1v) is 5.60. The number of alkyl halides is 2. The van der Waals surface area contributed by atoms with E-state index in [1.807, 2.05) is 0 Å². The number of ether oxygens (including phenoxy) is 1. The molecule has 2 aromatic rings. The molecule has 0 aliphatic heterocycles. The van der Waals surface area contributed by atoms with Crippen LogP contribution < -0.4 is 10.3 Å². The maximum absolute atomic E-state index is 12.9. The number of hydrogen-bond acceptors (Lipinski definition) is 3. The van der Waals surface area contributed by atoms with E-state index in [9.17, 15) is 22.8 Å². The summed E-state index contributed by atoms with van der Waals surface area (Å²) in [6.07, 6.45) is 0. The number of halogens is 3. The summed E-state index contributed by atoms with van der Waals surface area (Å²) in [5.41, 5.74) is -1.69. The molecule has 0 radical (unpaired) electrons. The minimum Gasteiger partial charge on any atom is -0.477 e. The van der Waals surface area contributed by atoms with Crippen LogP contribution in [0.4, 0.5) is 13.2 Å². The van der Waals surface area contributed by atoms with Gasteiger partial charge in [-0.15, -0.1) is 0 Å². The summed E-state index contributed by atoms with van der Waals surface area (Å²) in [4.78, 5) is 23.0. The monoisotopic (exact) mass is 299 g/mol. The average molecular weight is 299 g/mol. The second kappa shape index (κ2) is 5.70. The van der Waals surface area contributed by atoms with Crippen LogP contribution in [0.25, 0.3) is 5.69 Å². The van der Waals surface area contributed by atoms with E-state index in [-0.39, 0.29) is 5.69 Å². The number of carboxylic acid groups (broad SMARTS) is 1. The van der Waals surface area contributed by atoms with Gasteiger partial charge in [0.2, 0.25) is 5.88 Å². The highest BCUT2D eigenvalue weighted by Crippen LogP contribution is 2.18. The Morgan fingerprint density at radius 3 is 2.29 bits per heavy atom. The lowest BCUT2D eigenvalue weighted by Crippen LogP contribution is -2.27. The molecule has 1 aromatic heterocycles. The Morgan fingerprint density at radius 2 is 1.76 bits per heavy atom. The van der Waals surface area contributed by atoms with Crippen LogP contribution in [0.3, 0.4) is 0 Å². The van der Waals surface area contributed by atoms with E-state index < -0.39 is 35.4 Å². The first-order chi connectivity index (χ1) is 9.90.